The molecule has 0 bridgehead atoms. The van der Waals surface area contributed by atoms with Gasteiger partial charge in [-0.3, -0.25) is 0 Å². The second-order valence-corrected chi connectivity index (χ2v) is 4.79. The number of hydrogen-bond acceptors (Lipinski definition) is 4. The molecule has 1 fully saturated rings. The van der Waals surface area contributed by atoms with Gasteiger partial charge in [0.1, 0.15) is 5.60 Å². The standard InChI is InChI=1S/C13H20N2O2/c1-9-3-4-11(7-12(9)14)15-8-13(16)5-6-17-10(13)2/h3-4,7,10,15-16H,5-6,8,14H2,1-2H3. The highest BCUT2D eigenvalue weighted by atomic mass is 16.5. The average Bonchev–Trinajstić information content (AvgIpc) is 2.62. The highest BCUT2D eigenvalue weighted by Crippen LogP contribution is 2.26. The van der Waals surface area contributed by atoms with Gasteiger partial charge in [-0.1, -0.05) is 6.07 Å². The van der Waals surface area contributed by atoms with Gasteiger partial charge < -0.3 is 20.9 Å². The third-order valence-corrected chi connectivity index (χ3v) is 3.54. The molecular formula is C13H20N2O2. The molecule has 1 aliphatic heterocycles. The van der Waals surface area contributed by atoms with E-state index in [1.165, 1.54) is 0 Å². The quantitative estimate of drug-likeness (QED) is 0.696. The van der Waals surface area contributed by atoms with Crippen molar-refractivity contribution in [2.45, 2.75) is 32.0 Å². The Morgan fingerprint density at radius 3 is 2.94 bits per heavy atom. The Hall–Kier alpha value is -1.26. The normalized spacial score (nSPS) is 28.3. The van der Waals surface area contributed by atoms with Gasteiger partial charge in [-0.2, -0.15) is 0 Å². The highest BCUT2D eigenvalue weighted by Gasteiger charge is 2.39. The van der Waals surface area contributed by atoms with E-state index in [1.54, 1.807) is 0 Å². The summed E-state index contributed by atoms with van der Waals surface area (Å²) in [5.41, 5.74) is 7.81. The molecule has 2 unspecified atom stereocenters. The maximum Gasteiger partial charge on any atom is 0.110 e. The van der Waals surface area contributed by atoms with Crippen molar-refractivity contribution in [1.82, 2.24) is 0 Å². The van der Waals surface area contributed by atoms with Crippen molar-refractivity contribution in [2.75, 3.05) is 24.2 Å². The number of nitrogens with one attached hydrogen (secondary N) is 1. The van der Waals surface area contributed by atoms with Gasteiger partial charge in [0.15, 0.2) is 0 Å². The number of anilines is 2. The van der Waals surface area contributed by atoms with E-state index >= 15 is 0 Å². The van der Waals surface area contributed by atoms with Gasteiger partial charge in [-0.25, -0.2) is 0 Å². The smallest absolute Gasteiger partial charge is 0.110 e. The molecule has 2 atom stereocenters. The van der Waals surface area contributed by atoms with Crippen LogP contribution in [0.5, 0.6) is 0 Å². The van der Waals surface area contributed by atoms with E-state index in [9.17, 15) is 5.11 Å². The van der Waals surface area contributed by atoms with Crippen LogP contribution < -0.4 is 11.1 Å². The first-order chi connectivity index (χ1) is 8.01. The van der Waals surface area contributed by atoms with Crippen LogP contribution in [0.2, 0.25) is 0 Å². The van der Waals surface area contributed by atoms with Crippen molar-refractivity contribution in [3.63, 3.8) is 0 Å². The van der Waals surface area contributed by atoms with Crippen LogP contribution in [0.25, 0.3) is 0 Å². The highest BCUT2D eigenvalue weighted by molar-refractivity contribution is 5.58. The SMILES string of the molecule is Cc1ccc(NCC2(O)CCOC2C)cc1N. The van der Waals surface area contributed by atoms with Gasteiger partial charge in [0.2, 0.25) is 0 Å². The third-order valence-electron chi connectivity index (χ3n) is 3.54. The zero-order chi connectivity index (χ0) is 12.5. The van der Waals surface area contributed by atoms with Crippen molar-refractivity contribution in [1.29, 1.82) is 0 Å². The van der Waals surface area contributed by atoms with E-state index in [4.69, 9.17) is 10.5 Å². The summed E-state index contributed by atoms with van der Waals surface area (Å²) in [6.07, 6.45) is 0.542. The number of benzene rings is 1. The van der Waals surface area contributed by atoms with Gasteiger partial charge in [0.05, 0.1) is 6.10 Å². The van der Waals surface area contributed by atoms with Crippen LogP contribution in [0, 0.1) is 6.92 Å². The molecule has 4 heteroatoms. The lowest BCUT2D eigenvalue weighted by Gasteiger charge is -2.26. The monoisotopic (exact) mass is 236 g/mol. The Kier molecular flexibility index (Phi) is 3.26. The summed E-state index contributed by atoms with van der Waals surface area (Å²) in [5, 5.41) is 13.5. The Bertz CT molecular complexity index is 408. The second kappa shape index (κ2) is 4.55. The van der Waals surface area contributed by atoms with Crippen LogP contribution in [-0.4, -0.2) is 30.0 Å². The lowest BCUT2D eigenvalue weighted by Crippen LogP contribution is -2.43. The minimum atomic E-state index is -0.778. The van der Waals surface area contributed by atoms with E-state index in [1.807, 2.05) is 32.0 Å². The van der Waals surface area contributed by atoms with Crippen LogP contribution >= 0.6 is 0 Å². The molecule has 0 aliphatic carbocycles. The van der Waals surface area contributed by atoms with Crippen LogP contribution in [0.15, 0.2) is 18.2 Å². The molecule has 0 aromatic heterocycles. The van der Waals surface area contributed by atoms with Gasteiger partial charge in [-0.15, -0.1) is 0 Å². The van der Waals surface area contributed by atoms with Crippen LogP contribution in [-0.2, 0) is 4.74 Å². The number of ether oxygens (including phenoxy) is 1. The molecule has 94 valence electrons. The lowest BCUT2D eigenvalue weighted by molar-refractivity contribution is -0.0175. The average molecular weight is 236 g/mol. The van der Waals surface area contributed by atoms with Crippen LogP contribution in [0.3, 0.4) is 0 Å². The molecule has 0 amide bonds. The molecule has 4 nitrogen and oxygen atoms in total. The summed E-state index contributed by atoms with van der Waals surface area (Å²) >= 11 is 0. The summed E-state index contributed by atoms with van der Waals surface area (Å²) in [4.78, 5) is 0. The molecule has 1 aromatic rings. The maximum absolute atomic E-state index is 10.3. The van der Waals surface area contributed by atoms with Crippen molar-refractivity contribution >= 4 is 11.4 Å². The fourth-order valence-electron chi connectivity index (χ4n) is 2.01. The van der Waals surface area contributed by atoms with E-state index in [0.29, 0.717) is 19.6 Å². The van der Waals surface area contributed by atoms with Gasteiger partial charge in [0, 0.05) is 30.9 Å². The molecule has 0 saturated carbocycles. The molecule has 2 rings (SSSR count). The number of nitrogen functional groups attached to an aromatic ring is 1. The minimum absolute atomic E-state index is 0.127. The first-order valence-electron chi connectivity index (χ1n) is 5.95. The topological polar surface area (TPSA) is 67.5 Å². The van der Waals surface area contributed by atoms with Crippen LogP contribution in [0.4, 0.5) is 11.4 Å². The summed E-state index contributed by atoms with van der Waals surface area (Å²) in [5.74, 6) is 0. The third kappa shape index (κ3) is 2.53. The van der Waals surface area contributed by atoms with Crippen LogP contribution in [0.1, 0.15) is 18.9 Å². The van der Waals surface area contributed by atoms with Crippen molar-refractivity contribution in [2.24, 2.45) is 0 Å². The molecule has 0 radical (unpaired) electrons. The summed E-state index contributed by atoms with van der Waals surface area (Å²) < 4.78 is 5.39. The predicted octanol–water partition coefficient (Wildman–Crippen LogP) is 1.53. The maximum atomic E-state index is 10.3. The van der Waals surface area contributed by atoms with E-state index in [-0.39, 0.29) is 6.10 Å². The van der Waals surface area contributed by atoms with E-state index in [2.05, 4.69) is 5.32 Å². The molecule has 1 saturated heterocycles. The van der Waals surface area contributed by atoms with E-state index < -0.39 is 5.60 Å². The zero-order valence-corrected chi connectivity index (χ0v) is 10.4. The summed E-state index contributed by atoms with van der Waals surface area (Å²) in [6, 6.07) is 5.82. The van der Waals surface area contributed by atoms with Gasteiger partial charge >= 0.3 is 0 Å². The lowest BCUT2D eigenvalue weighted by atomic mass is 9.96. The first kappa shape index (κ1) is 12.2. The summed E-state index contributed by atoms with van der Waals surface area (Å²) in [6.45, 7) is 4.98. The van der Waals surface area contributed by atoms with Crippen molar-refractivity contribution in [3.8, 4) is 0 Å². The Morgan fingerprint density at radius 2 is 2.35 bits per heavy atom. The molecule has 17 heavy (non-hydrogen) atoms. The fourth-order valence-corrected chi connectivity index (χ4v) is 2.01. The fraction of sp³-hybridized carbons (Fsp3) is 0.538. The first-order valence-corrected chi connectivity index (χ1v) is 5.95. The summed E-state index contributed by atoms with van der Waals surface area (Å²) in [7, 11) is 0. The number of aliphatic hydroxyl groups is 1. The van der Waals surface area contributed by atoms with Gasteiger partial charge in [-0.05, 0) is 31.5 Å². The number of aryl methyl sites for hydroxylation is 1. The second-order valence-electron chi connectivity index (χ2n) is 4.79. The number of nitrogens with two attached hydrogens (primary N) is 1. The molecule has 0 spiro atoms. The number of hydrogen-bond donors (Lipinski definition) is 3. The molecule has 4 N–H and O–H groups in total. The van der Waals surface area contributed by atoms with Gasteiger partial charge in [0.25, 0.3) is 0 Å². The number of rotatable bonds is 3. The molecule has 1 heterocycles. The van der Waals surface area contributed by atoms with E-state index in [0.717, 1.165) is 16.9 Å². The zero-order valence-electron chi connectivity index (χ0n) is 10.4. The Morgan fingerprint density at radius 1 is 1.59 bits per heavy atom. The molecule has 1 aromatic carbocycles. The molecule has 1 aliphatic rings. The van der Waals surface area contributed by atoms with Crippen molar-refractivity contribution < 1.29 is 9.84 Å². The Balaban J connectivity index is 2.00. The molecular weight excluding hydrogens is 216 g/mol. The Labute approximate surface area is 102 Å². The minimum Gasteiger partial charge on any atom is -0.398 e. The predicted molar refractivity (Wildman–Crippen MR) is 69.1 cm³/mol. The van der Waals surface area contributed by atoms with Crippen molar-refractivity contribution in [3.05, 3.63) is 23.8 Å². The largest absolute Gasteiger partial charge is 0.398 e.